The molecule has 132 valence electrons. The Morgan fingerprint density at radius 3 is 2.35 bits per heavy atom. The topological polar surface area (TPSA) is 83.6 Å². The molecule has 0 atom stereocenters. The van der Waals surface area contributed by atoms with Gasteiger partial charge >= 0.3 is 0 Å². The first-order valence-electron chi connectivity index (χ1n) is 8.43. The Bertz CT molecular complexity index is 935. The second kappa shape index (κ2) is 7.80. The quantitative estimate of drug-likeness (QED) is 0.420. The monoisotopic (exact) mass is 348 g/mol. The van der Waals surface area contributed by atoms with Crippen molar-refractivity contribution in [3.63, 3.8) is 0 Å². The fourth-order valence-electron chi connectivity index (χ4n) is 2.81. The Morgan fingerprint density at radius 1 is 0.923 bits per heavy atom. The van der Waals surface area contributed by atoms with E-state index in [1.165, 1.54) is 35.0 Å². The predicted octanol–water partition coefficient (Wildman–Crippen LogP) is 3.41. The van der Waals surface area contributed by atoms with Crippen LogP contribution in [0, 0.1) is 0 Å². The Morgan fingerprint density at radius 2 is 1.62 bits per heavy atom. The molecule has 0 heterocycles. The molecule has 0 aliphatic carbocycles. The average Bonchev–Trinajstić information content (AvgIpc) is 2.67. The van der Waals surface area contributed by atoms with Gasteiger partial charge in [-0.05, 0) is 53.4 Å². The number of rotatable bonds is 5. The van der Waals surface area contributed by atoms with Gasteiger partial charge in [0.1, 0.15) is 5.75 Å². The van der Waals surface area contributed by atoms with Crippen molar-refractivity contribution in [2.75, 3.05) is 0 Å². The first-order chi connectivity index (χ1) is 12.5. The highest BCUT2D eigenvalue weighted by Gasteiger charge is 2.19. The summed E-state index contributed by atoms with van der Waals surface area (Å²) in [6.45, 7) is 0. The number of imide groups is 1. The number of benzene rings is 3. The smallest absolute Gasteiger partial charge is 0.274 e. The zero-order valence-electron chi connectivity index (χ0n) is 14.3. The second-order valence-electron chi connectivity index (χ2n) is 6.15. The third-order valence-electron chi connectivity index (χ3n) is 4.27. The SMILES string of the molecule is NN(C(=O)CCCc1ccc2ccccc2c1)C(=O)c1ccc(O)cc1. The largest absolute Gasteiger partial charge is 0.508 e. The number of phenolic OH excluding ortho intramolecular Hbond substituents is 1. The van der Waals surface area contributed by atoms with Gasteiger partial charge in [0.2, 0.25) is 5.91 Å². The number of phenols is 1. The normalized spacial score (nSPS) is 10.7. The first-order valence-corrected chi connectivity index (χ1v) is 8.43. The molecule has 3 rings (SSSR count). The zero-order valence-corrected chi connectivity index (χ0v) is 14.3. The van der Waals surface area contributed by atoms with Gasteiger partial charge in [0.05, 0.1) is 0 Å². The van der Waals surface area contributed by atoms with Crippen LogP contribution in [0.5, 0.6) is 5.75 Å². The fraction of sp³-hybridized carbons (Fsp3) is 0.143. The van der Waals surface area contributed by atoms with E-state index in [0.29, 0.717) is 11.4 Å². The summed E-state index contributed by atoms with van der Waals surface area (Å²) in [5.41, 5.74) is 1.40. The molecule has 5 nitrogen and oxygen atoms in total. The third-order valence-corrected chi connectivity index (χ3v) is 4.27. The van der Waals surface area contributed by atoms with Gasteiger partial charge in [-0.3, -0.25) is 9.59 Å². The Kier molecular flexibility index (Phi) is 5.29. The number of hydrogen-bond acceptors (Lipinski definition) is 4. The van der Waals surface area contributed by atoms with Crippen molar-refractivity contribution in [3.8, 4) is 5.75 Å². The Labute approximate surface area is 151 Å². The molecule has 0 unspecified atom stereocenters. The van der Waals surface area contributed by atoms with Crippen molar-refractivity contribution >= 4 is 22.6 Å². The molecule has 0 saturated carbocycles. The Hall–Kier alpha value is -3.18. The number of aryl methyl sites for hydroxylation is 1. The van der Waals surface area contributed by atoms with Crippen LogP contribution in [0.1, 0.15) is 28.8 Å². The molecule has 0 bridgehead atoms. The number of hydrogen-bond donors (Lipinski definition) is 2. The van der Waals surface area contributed by atoms with Crippen molar-refractivity contribution in [3.05, 3.63) is 77.9 Å². The van der Waals surface area contributed by atoms with Gasteiger partial charge in [0.15, 0.2) is 0 Å². The fourth-order valence-corrected chi connectivity index (χ4v) is 2.81. The molecule has 5 heteroatoms. The number of fused-ring (bicyclic) bond motifs is 1. The summed E-state index contributed by atoms with van der Waals surface area (Å²) in [6, 6.07) is 20.0. The molecule has 0 fully saturated rings. The van der Waals surface area contributed by atoms with Gasteiger partial charge in [-0.2, -0.15) is 0 Å². The number of hydrazine groups is 1. The maximum Gasteiger partial charge on any atom is 0.274 e. The second-order valence-corrected chi connectivity index (χ2v) is 6.15. The lowest BCUT2D eigenvalue weighted by Gasteiger charge is -2.15. The molecule has 0 radical (unpaired) electrons. The number of carbonyl (C=O) groups excluding carboxylic acids is 2. The minimum absolute atomic E-state index is 0.0480. The number of nitrogens with zero attached hydrogens (tertiary/aromatic N) is 1. The van der Waals surface area contributed by atoms with Crippen LogP contribution >= 0.6 is 0 Å². The van der Waals surface area contributed by atoms with Crippen LogP contribution in [0.3, 0.4) is 0 Å². The maximum atomic E-state index is 12.2. The van der Waals surface area contributed by atoms with E-state index in [1.54, 1.807) is 0 Å². The molecule has 3 aromatic rings. The van der Waals surface area contributed by atoms with Crippen LogP contribution in [0.2, 0.25) is 0 Å². The van der Waals surface area contributed by atoms with E-state index in [-0.39, 0.29) is 17.7 Å². The molecule has 26 heavy (non-hydrogen) atoms. The highest BCUT2D eigenvalue weighted by Crippen LogP contribution is 2.17. The van der Waals surface area contributed by atoms with E-state index < -0.39 is 11.8 Å². The number of aromatic hydroxyl groups is 1. The van der Waals surface area contributed by atoms with E-state index >= 15 is 0 Å². The van der Waals surface area contributed by atoms with Crippen LogP contribution in [-0.4, -0.2) is 21.9 Å². The molecular formula is C21H20N2O3. The molecule has 0 saturated heterocycles. The molecule has 0 aromatic heterocycles. The van der Waals surface area contributed by atoms with Gasteiger partial charge < -0.3 is 5.11 Å². The van der Waals surface area contributed by atoms with E-state index in [9.17, 15) is 14.7 Å². The maximum absolute atomic E-state index is 12.2. The highest BCUT2D eigenvalue weighted by atomic mass is 16.3. The molecule has 0 aliphatic rings. The minimum atomic E-state index is -0.583. The van der Waals surface area contributed by atoms with E-state index in [4.69, 9.17) is 5.84 Å². The van der Waals surface area contributed by atoms with Crippen molar-refractivity contribution in [2.45, 2.75) is 19.3 Å². The van der Waals surface area contributed by atoms with Crippen molar-refractivity contribution in [1.29, 1.82) is 0 Å². The van der Waals surface area contributed by atoms with E-state index in [0.717, 1.165) is 12.0 Å². The lowest BCUT2D eigenvalue weighted by atomic mass is 10.0. The molecule has 0 aliphatic heterocycles. The standard InChI is InChI=1S/C21H20N2O3/c22-23(21(26)17-10-12-19(24)13-11-17)20(25)7-3-4-15-8-9-16-5-1-2-6-18(16)14-15/h1-2,5-6,8-14,24H,3-4,7,22H2. The van der Waals surface area contributed by atoms with Gasteiger partial charge in [0.25, 0.3) is 5.91 Å². The Balaban J connectivity index is 1.55. The molecule has 0 spiro atoms. The third kappa shape index (κ3) is 4.07. The van der Waals surface area contributed by atoms with Crippen molar-refractivity contribution < 1.29 is 14.7 Å². The lowest BCUT2D eigenvalue weighted by Crippen LogP contribution is -2.42. The van der Waals surface area contributed by atoms with Crippen LogP contribution in [0.15, 0.2) is 66.7 Å². The number of amides is 2. The van der Waals surface area contributed by atoms with Gasteiger partial charge in [-0.25, -0.2) is 10.9 Å². The lowest BCUT2D eigenvalue weighted by molar-refractivity contribution is -0.128. The molecule has 3 aromatic carbocycles. The summed E-state index contributed by atoms with van der Waals surface area (Å²) in [6.07, 6.45) is 1.53. The summed E-state index contributed by atoms with van der Waals surface area (Å²) in [5, 5.41) is 12.2. The summed E-state index contributed by atoms with van der Waals surface area (Å²) in [7, 11) is 0. The zero-order chi connectivity index (χ0) is 18.5. The summed E-state index contributed by atoms with van der Waals surface area (Å²) < 4.78 is 0. The first kappa shape index (κ1) is 17.6. The van der Waals surface area contributed by atoms with Gasteiger partial charge in [-0.1, -0.05) is 42.5 Å². The average molecular weight is 348 g/mol. The van der Waals surface area contributed by atoms with E-state index in [2.05, 4.69) is 30.3 Å². The molecule has 2 amide bonds. The number of carbonyl (C=O) groups is 2. The van der Waals surface area contributed by atoms with Crippen molar-refractivity contribution in [1.82, 2.24) is 5.01 Å². The van der Waals surface area contributed by atoms with Gasteiger partial charge in [-0.15, -0.1) is 0 Å². The minimum Gasteiger partial charge on any atom is -0.508 e. The van der Waals surface area contributed by atoms with Crippen LogP contribution < -0.4 is 5.84 Å². The van der Waals surface area contributed by atoms with E-state index in [1.807, 2.05) is 12.1 Å². The number of nitrogens with two attached hydrogens (primary N) is 1. The van der Waals surface area contributed by atoms with Crippen LogP contribution in [0.25, 0.3) is 10.8 Å². The van der Waals surface area contributed by atoms with Crippen LogP contribution in [-0.2, 0) is 11.2 Å². The van der Waals surface area contributed by atoms with Gasteiger partial charge in [0, 0.05) is 12.0 Å². The molecular weight excluding hydrogens is 328 g/mol. The highest BCUT2D eigenvalue weighted by molar-refractivity contribution is 6.04. The molecule has 3 N–H and O–H groups in total. The summed E-state index contributed by atoms with van der Waals surface area (Å²) >= 11 is 0. The predicted molar refractivity (Wildman–Crippen MR) is 100 cm³/mol. The van der Waals surface area contributed by atoms with Crippen molar-refractivity contribution in [2.24, 2.45) is 5.84 Å². The summed E-state index contributed by atoms with van der Waals surface area (Å²) in [4.78, 5) is 24.3. The van der Waals surface area contributed by atoms with Crippen LogP contribution in [0.4, 0.5) is 0 Å². The summed E-state index contributed by atoms with van der Waals surface area (Å²) in [5.74, 6) is 4.69.